The molecular formula is C25H23N3O3S. The average molecular weight is 446 g/mol. The van der Waals surface area contributed by atoms with Gasteiger partial charge in [-0.25, -0.2) is 4.98 Å². The van der Waals surface area contributed by atoms with E-state index in [1.54, 1.807) is 12.1 Å². The number of thiocarbonyl (C=S) groups is 1. The van der Waals surface area contributed by atoms with Gasteiger partial charge in [0.05, 0.1) is 12.7 Å². The van der Waals surface area contributed by atoms with E-state index in [1.807, 2.05) is 55.5 Å². The molecule has 4 aromatic rings. The number of benzene rings is 3. The fourth-order valence-electron chi connectivity index (χ4n) is 3.48. The van der Waals surface area contributed by atoms with E-state index in [4.69, 9.17) is 21.4 Å². The first-order chi connectivity index (χ1) is 15.5. The highest BCUT2D eigenvalue weighted by Gasteiger charge is 2.15. The zero-order valence-corrected chi connectivity index (χ0v) is 18.9. The number of aryl methyl sites for hydroxylation is 2. The van der Waals surface area contributed by atoms with E-state index in [2.05, 4.69) is 22.5 Å². The fourth-order valence-corrected chi connectivity index (χ4v) is 3.69. The number of methoxy groups -OCH3 is 1. The van der Waals surface area contributed by atoms with Gasteiger partial charge in [0, 0.05) is 11.3 Å². The number of hydrogen-bond donors (Lipinski definition) is 2. The Morgan fingerprint density at radius 3 is 2.72 bits per heavy atom. The summed E-state index contributed by atoms with van der Waals surface area (Å²) in [5.74, 6) is 0.707. The van der Waals surface area contributed by atoms with E-state index < -0.39 is 0 Å². The van der Waals surface area contributed by atoms with Gasteiger partial charge in [0.2, 0.25) is 5.89 Å². The summed E-state index contributed by atoms with van der Waals surface area (Å²) < 4.78 is 11.3. The van der Waals surface area contributed by atoms with Crippen LogP contribution in [0.15, 0.2) is 65.1 Å². The van der Waals surface area contributed by atoms with Crippen molar-refractivity contribution in [1.82, 2.24) is 10.3 Å². The van der Waals surface area contributed by atoms with Gasteiger partial charge in [-0.1, -0.05) is 31.2 Å². The Kier molecular flexibility index (Phi) is 6.18. The summed E-state index contributed by atoms with van der Waals surface area (Å²) in [4.78, 5) is 17.3. The minimum absolute atomic E-state index is 0.181. The maximum atomic E-state index is 12.7. The van der Waals surface area contributed by atoms with Crippen LogP contribution in [0, 0.1) is 6.92 Å². The molecule has 1 heterocycles. The van der Waals surface area contributed by atoms with Gasteiger partial charge < -0.3 is 14.5 Å². The van der Waals surface area contributed by atoms with Gasteiger partial charge >= 0.3 is 0 Å². The number of nitrogens with one attached hydrogen (secondary N) is 2. The normalized spacial score (nSPS) is 10.7. The molecule has 0 saturated carbocycles. The molecule has 0 fully saturated rings. The predicted molar refractivity (Wildman–Crippen MR) is 130 cm³/mol. The van der Waals surface area contributed by atoms with Crippen LogP contribution in [-0.4, -0.2) is 23.1 Å². The van der Waals surface area contributed by atoms with Gasteiger partial charge in [0.1, 0.15) is 11.3 Å². The molecule has 0 unspecified atom stereocenters. The third-order valence-corrected chi connectivity index (χ3v) is 5.32. The molecule has 0 spiro atoms. The Morgan fingerprint density at radius 1 is 1.12 bits per heavy atom. The summed E-state index contributed by atoms with van der Waals surface area (Å²) in [6.45, 7) is 3.99. The van der Waals surface area contributed by atoms with Crippen LogP contribution in [0.3, 0.4) is 0 Å². The van der Waals surface area contributed by atoms with Crippen molar-refractivity contribution in [2.24, 2.45) is 0 Å². The molecule has 1 amide bonds. The summed E-state index contributed by atoms with van der Waals surface area (Å²) in [6.07, 6.45) is 0.940. The summed E-state index contributed by atoms with van der Waals surface area (Å²) in [5.41, 5.74) is 5.58. The van der Waals surface area contributed by atoms with Crippen molar-refractivity contribution < 1.29 is 13.9 Å². The highest BCUT2D eigenvalue weighted by Crippen LogP contribution is 2.27. The molecule has 0 aliphatic heterocycles. The highest BCUT2D eigenvalue weighted by atomic mass is 32.1. The van der Waals surface area contributed by atoms with Crippen LogP contribution in [0.25, 0.3) is 22.6 Å². The Bertz CT molecular complexity index is 1310. The second-order valence-electron chi connectivity index (χ2n) is 7.32. The Labute approximate surface area is 191 Å². The van der Waals surface area contributed by atoms with Crippen LogP contribution in [0.4, 0.5) is 5.69 Å². The second-order valence-corrected chi connectivity index (χ2v) is 7.73. The zero-order valence-electron chi connectivity index (χ0n) is 18.1. The molecule has 0 radical (unpaired) electrons. The quantitative estimate of drug-likeness (QED) is 0.395. The minimum Gasteiger partial charge on any atom is -0.496 e. The maximum Gasteiger partial charge on any atom is 0.261 e. The SMILES string of the molecule is CCc1ccc2oc(-c3cccc(NC(=S)NC(=O)c4cccc(C)c4OC)c3)nc2c1. The van der Waals surface area contributed by atoms with Crippen LogP contribution in [0.5, 0.6) is 5.75 Å². The topological polar surface area (TPSA) is 76.4 Å². The first kappa shape index (κ1) is 21.5. The Morgan fingerprint density at radius 2 is 1.94 bits per heavy atom. The van der Waals surface area contributed by atoms with Crippen molar-refractivity contribution in [3.63, 3.8) is 0 Å². The molecule has 0 atom stereocenters. The number of aromatic nitrogens is 1. The molecule has 6 nitrogen and oxygen atoms in total. The number of para-hydroxylation sites is 1. The van der Waals surface area contributed by atoms with Crippen LogP contribution in [0.2, 0.25) is 0 Å². The number of oxazole rings is 1. The molecule has 32 heavy (non-hydrogen) atoms. The standard InChI is InChI=1S/C25H23N3O3S/c1-4-16-11-12-21-20(13-16)27-24(31-21)17-8-6-9-18(14-17)26-25(32)28-23(29)19-10-5-7-15(2)22(19)30-3/h5-14H,4H2,1-3H3,(H2,26,28,29,32). The fraction of sp³-hybridized carbons (Fsp3) is 0.160. The minimum atomic E-state index is -0.343. The van der Waals surface area contributed by atoms with Gasteiger partial charge in [-0.05, 0) is 73.1 Å². The lowest BCUT2D eigenvalue weighted by molar-refractivity contribution is 0.0974. The molecule has 0 aliphatic rings. The summed E-state index contributed by atoms with van der Waals surface area (Å²) in [6, 6.07) is 18.9. The average Bonchev–Trinajstić information content (AvgIpc) is 3.22. The summed E-state index contributed by atoms with van der Waals surface area (Å²) in [7, 11) is 1.54. The zero-order chi connectivity index (χ0) is 22.7. The van der Waals surface area contributed by atoms with Gasteiger partial charge in [-0.15, -0.1) is 0 Å². The molecule has 1 aromatic heterocycles. The number of amides is 1. The molecule has 0 aliphatic carbocycles. The molecule has 0 bridgehead atoms. The Balaban J connectivity index is 1.50. The van der Waals surface area contributed by atoms with Crippen molar-refractivity contribution in [2.45, 2.75) is 20.3 Å². The van der Waals surface area contributed by atoms with Crippen LogP contribution < -0.4 is 15.4 Å². The molecule has 4 rings (SSSR count). The van der Waals surface area contributed by atoms with Gasteiger partial charge in [-0.2, -0.15) is 0 Å². The smallest absolute Gasteiger partial charge is 0.261 e. The lowest BCUT2D eigenvalue weighted by atomic mass is 10.1. The number of nitrogens with zero attached hydrogens (tertiary/aromatic N) is 1. The number of hydrogen-bond acceptors (Lipinski definition) is 5. The molecule has 0 saturated heterocycles. The molecule has 2 N–H and O–H groups in total. The van der Waals surface area contributed by atoms with Gasteiger partial charge in [0.25, 0.3) is 5.91 Å². The lowest BCUT2D eigenvalue weighted by Crippen LogP contribution is -2.34. The third-order valence-electron chi connectivity index (χ3n) is 5.12. The molecule has 162 valence electrons. The molecule has 3 aromatic carbocycles. The van der Waals surface area contributed by atoms with E-state index >= 15 is 0 Å². The number of anilines is 1. The lowest BCUT2D eigenvalue weighted by Gasteiger charge is -2.13. The van der Waals surface area contributed by atoms with Crippen LogP contribution in [0.1, 0.15) is 28.4 Å². The first-order valence-electron chi connectivity index (χ1n) is 10.2. The van der Waals surface area contributed by atoms with Crippen LogP contribution >= 0.6 is 12.2 Å². The van der Waals surface area contributed by atoms with E-state index in [0.29, 0.717) is 22.9 Å². The van der Waals surface area contributed by atoms with Crippen molar-refractivity contribution in [3.05, 3.63) is 77.4 Å². The number of rotatable bonds is 5. The second kappa shape index (κ2) is 9.20. The number of carbonyl (C=O) groups is 1. The number of fused-ring (bicyclic) bond motifs is 1. The van der Waals surface area contributed by atoms with Crippen LogP contribution in [-0.2, 0) is 6.42 Å². The van der Waals surface area contributed by atoms with Gasteiger partial charge in [-0.3, -0.25) is 10.1 Å². The van der Waals surface area contributed by atoms with Crippen molar-refractivity contribution >= 4 is 40.0 Å². The van der Waals surface area contributed by atoms with Gasteiger partial charge in [0.15, 0.2) is 10.7 Å². The largest absolute Gasteiger partial charge is 0.496 e. The van der Waals surface area contributed by atoms with E-state index in [-0.39, 0.29) is 11.0 Å². The van der Waals surface area contributed by atoms with E-state index in [9.17, 15) is 4.79 Å². The number of carbonyl (C=O) groups excluding carboxylic acids is 1. The summed E-state index contributed by atoms with van der Waals surface area (Å²) in [5, 5.41) is 5.93. The monoisotopic (exact) mass is 445 g/mol. The predicted octanol–water partition coefficient (Wildman–Crippen LogP) is 5.50. The van der Waals surface area contributed by atoms with Crippen molar-refractivity contribution in [1.29, 1.82) is 0 Å². The summed E-state index contributed by atoms with van der Waals surface area (Å²) >= 11 is 5.34. The van der Waals surface area contributed by atoms with E-state index in [1.165, 1.54) is 12.7 Å². The first-order valence-corrected chi connectivity index (χ1v) is 10.6. The van der Waals surface area contributed by atoms with Crippen molar-refractivity contribution in [2.75, 3.05) is 12.4 Å². The van der Waals surface area contributed by atoms with E-state index in [0.717, 1.165) is 28.6 Å². The number of ether oxygens (including phenoxy) is 1. The third kappa shape index (κ3) is 4.48. The van der Waals surface area contributed by atoms with Crippen molar-refractivity contribution in [3.8, 4) is 17.2 Å². The molecule has 7 heteroatoms. The molecular weight excluding hydrogens is 422 g/mol. The maximum absolute atomic E-state index is 12.7. The highest BCUT2D eigenvalue weighted by molar-refractivity contribution is 7.80. The Hall–Kier alpha value is -3.71.